The smallest absolute Gasteiger partial charge is 0.219 e. The van der Waals surface area contributed by atoms with Crippen LogP contribution in [0.3, 0.4) is 0 Å². The number of benzene rings is 1. The third-order valence-electron chi connectivity index (χ3n) is 2.62. The van der Waals surface area contributed by atoms with E-state index < -0.39 is 0 Å². The van der Waals surface area contributed by atoms with Gasteiger partial charge in [0, 0.05) is 18.8 Å². The predicted molar refractivity (Wildman–Crippen MR) is 72.9 cm³/mol. The summed E-state index contributed by atoms with van der Waals surface area (Å²) in [5.74, 6) is 1.44. The molecule has 0 saturated heterocycles. The summed E-state index contributed by atoms with van der Waals surface area (Å²) in [5.41, 5.74) is 2.38. The molecule has 0 unspecified atom stereocenters. The summed E-state index contributed by atoms with van der Waals surface area (Å²) in [6.07, 6.45) is 1.84. The van der Waals surface area contributed by atoms with Crippen molar-refractivity contribution in [1.82, 2.24) is 10.3 Å². The summed E-state index contributed by atoms with van der Waals surface area (Å²) in [6, 6.07) is 11.9. The van der Waals surface area contributed by atoms with Crippen LogP contribution in [0, 0.1) is 6.92 Å². The van der Waals surface area contributed by atoms with Gasteiger partial charge in [0.05, 0.1) is 0 Å². The Labute approximate surface area is 108 Å². The average Bonchev–Trinajstić information content (AvgIpc) is 2.41. The minimum atomic E-state index is 0.624. The summed E-state index contributed by atoms with van der Waals surface area (Å²) in [6.45, 7) is 5.94. The summed E-state index contributed by atoms with van der Waals surface area (Å²) < 4.78 is 5.66. The summed E-state index contributed by atoms with van der Waals surface area (Å²) >= 11 is 0. The molecule has 1 aromatic heterocycles. The molecule has 0 radical (unpaired) electrons. The number of aromatic nitrogens is 1. The van der Waals surface area contributed by atoms with E-state index in [0.29, 0.717) is 5.88 Å². The summed E-state index contributed by atoms with van der Waals surface area (Å²) in [7, 11) is 0. The monoisotopic (exact) mass is 242 g/mol. The van der Waals surface area contributed by atoms with Crippen molar-refractivity contribution >= 4 is 0 Å². The van der Waals surface area contributed by atoms with Crippen molar-refractivity contribution in [2.75, 3.05) is 6.54 Å². The Bertz CT molecular complexity index is 477. The van der Waals surface area contributed by atoms with Gasteiger partial charge in [-0.1, -0.05) is 30.7 Å². The molecule has 0 aliphatic carbocycles. The molecule has 94 valence electrons. The highest BCUT2D eigenvalue weighted by atomic mass is 16.5. The summed E-state index contributed by atoms with van der Waals surface area (Å²) in [4.78, 5) is 4.29. The van der Waals surface area contributed by atoms with E-state index in [0.717, 1.165) is 24.4 Å². The van der Waals surface area contributed by atoms with Crippen LogP contribution in [-0.4, -0.2) is 11.5 Å². The van der Waals surface area contributed by atoms with E-state index in [1.54, 1.807) is 0 Å². The molecular weight excluding hydrogens is 224 g/mol. The molecule has 2 aromatic rings. The number of pyridine rings is 1. The van der Waals surface area contributed by atoms with Crippen LogP contribution in [0.15, 0.2) is 42.6 Å². The zero-order chi connectivity index (χ0) is 12.8. The van der Waals surface area contributed by atoms with Gasteiger partial charge in [-0.2, -0.15) is 0 Å². The van der Waals surface area contributed by atoms with Crippen LogP contribution in [0.4, 0.5) is 0 Å². The van der Waals surface area contributed by atoms with Gasteiger partial charge in [-0.3, -0.25) is 0 Å². The molecule has 0 spiro atoms. The van der Waals surface area contributed by atoms with Crippen LogP contribution in [0.1, 0.15) is 18.1 Å². The first-order valence-electron chi connectivity index (χ1n) is 6.18. The van der Waals surface area contributed by atoms with Gasteiger partial charge in [-0.05, 0) is 31.2 Å². The third kappa shape index (κ3) is 3.57. The number of nitrogens with zero attached hydrogens (tertiary/aromatic N) is 1. The van der Waals surface area contributed by atoms with Crippen LogP contribution in [0.25, 0.3) is 0 Å². The number of ether oxygens (including phenoxy) is 1. The number of hydrogen-bond acceptors (Lipinski definition) is 3. The van der Waals surface area contributed by atoms with E-state index in [4.69, 9.17) is 4.74 Å². The van der Waals surface area contributed by atoms with Crippen LogP contribution < -0.4 is 10.1 Å². The van der Waals surface area contributed by atoms with Gasteiger partial charge >= 0.3 is 0 Å². The quantitative estimate of drug-likeness (QED) is 0.873. The molecule has 0 amide bonds. The summed E-state index contributed by atoms with van der Waals surface area (Å²) in [5, 5.41) is 3.26. The van der Waals surface area contributed by atoms with E-state index in [2.05, 4.69) is 24.1 Å². The fraction of sp³-hybridized carbons (Fsp3) is 0.267. The lowest BCUT2D eigenvalue weighted by molar-refractivity contribution is 0.462. The first-order valence-corrected chi connectivity index (χ1v) is 6.18. The first kappa shape index (κ1) is 12.6. The molecule has 1 N–H and O–H groups in total. The Morgan fingerprint density at radius 2 is 1.89 bits per heavy atom. The van der Waals surface area contributed by atoms with Gasteiger partial charge in [0.15, 0.2) is 0 Å². The fourth-order valence-corrected chi connectivity index (χ4v) is 1.57. The molecule has 0 aliphatic heterocycles. The van der Waals surface area contributed by atoms with Gasteiger partial charge in [-0.25, -0.2) is 4.98 Å². The van der Waals surface area contributed by atoms with E-state index >= 15 is 0 Å². The number of nitrogens with one attached hydrogen (secondary N) is 1. The lowest BCUT2D eigenvalue weighted by atomic mass is 10.2. The topological polar surface area (TPSA) is 34.1 Å². The number of rotatable bonds is 5. The predicted octanol–water partition coefficient (Wildman–Crippen LogP) is 3.29. The Morgan fingerprint density at radius 3 is 2.50 bits per heavy atom. The lowest BCUT2D eigenvalue weighted by Crippen LogP contribution is -2.11. The van der Waals surface area contributed by atoms with Crippen LogP contribution in [0.2, 0.25) is 0 Å². The maximum absolute atomic E-state index is 5.66. The van der Waals surface area contributed by atoms with Crippen molar-refractivity contribution in [2.45, 2.75) is 20.4 Å². The van der Waals surface area contributed by atoms with Crippen molar-refractivity contribution in [3.05, 3.63) is 53.7 Å². The second-order valence-corrected chi connectivity index (χ2v) is 4.20. The molecule has 3 heteroatoms. The van der Waals surface area contributed by atoms with E-state index in [1.165, 1.54) is 5.56 Å². The molecule has 2 rings (SSSR count). The Morgan fingerprint density at radius 1 is 1.11 bits per heavy atom. The maximum atomic E-state index is 5.66. The average molecular weight is 242 g/mol. The zero-order valence-corrected chi connectivity index (χ0v) is 10.8. The van der Waals surface area contributed by atoms with Gasteiger partial charge in [-0.15, -0.1) is 0 Å². The molecule has 0 aliphatic rings. The number of aryl methyl sites for hydroxylation is 1. The van der Waals surface area contributed by atoms with Crippen molar-refractivity contribution in [3.8, 4) is 11.6 Å². The molecule has 18 heavy (non-hydrogen) atoms. The van der Waals surface area contributed by atoms with Gasteiger partial charge < -0.3 is 10.1 Å². The fourth-order valence-electron chi connectivity index (χ4n) is 1.57. The van der Waals surface area contributed by atoms with Crippen LogP contribution in [0.5, 0.6) is 11.6 Å². The molecular formula is C15H18N2O. The van der Waals surface area contributed by atoms with Crippen LogP contribution >= 0.6 is 0 Å². The van der Waals surface area contributed by atoms with Crippen molar-refractivity contribution in [3.63, 3.8) is 0 Å². The molecule has 0 saturated carbocycles. The molecule has 1 aromatic carbocycles. The van der Waals surface area contributed by atoms with Gasteiger partial charge in [0.25, 0.3) is 0 Å². The molecule has 0 bridgehead atoms. The van der Waals surface area contributed by atoms with Gasteiger partial charge in [0.2, 0.25) is 5.88 Å². The minimum Gasteiger partial charge on any atom is -0.439 e. The van der Waals surface area contributed by atoms with E-state index in [9.17, 15) is 0 Å². The Hall–Kier alpha value is -1.87. The highest BCUT2D eigenvalue weighted by molar-refractivity contribution is 5.30. The van der Waals surface area contributed by atoms with Gasteiger partial charge in [0.1, 0.15) is 5.75 Å². The zero-order valence-electron chi connectivity index (χ0n) is 10.8. The second-order valence-electron chi connectivity index (χ2n) is 4.20. The highest BCUT2D eigenvalue weighted by Crippen LogP contribution is 2.19. The molecule has 1 heterocycles. The van der Waals surface area contributed by atoms with Crippen molar-refractivity contribution < 1.29 is 4.74 Å². The largest absolute Gasteiger partial charge is 0.439 e. The van der Waals surface area contributed by atoms with E-state index in [1.807, 2.05) is 42.6 Å². The van der Waals surface area contributed by atoms with E-state index in [-0.39, 0.29) is 0 Å². The van der Waals surface area contributed by atoms with Crippen molar-refractivity contribution in [1.29, 1.82) is 0 Å². The molecule has 0 fully saturated rings. The minimum absolute atomic E-state index is 0.624. The normalized spacial score (nSPS) is 10.3. The van der Waals surface area contributed by atoms with Crippen molar-refractivity contribution in [2.24, 2.45) is 0 Å². The molecule has 3 nitrogen and oxygen atoms in total. The molecule has 0 atom stereocenters. The second kappa shape index (κ2) is 6.17. The maximum Gasteiger partial charge on any atom is 0.219 e. The Balaban J connectivity index is 1.99. The first-order chi connectivity index (χ1) is 8.78. The SMILES string of the molecule is CCNCc1ccc(Oc2ccc(C)cc2)nc1. The van der Waals surface area contributed by atoms with Crippen LogP contribution in [-0.2, 0) is 6.54 Å². The highest BCUT2D eigenvalue weighted by Gasteiger charge is 1.99. The standard InChI is InChI=1S/C15H18N2O/c1-3-16-10-13-6-9-15(17-11-13)18-14-7-4-12(2)5-8-14/h4-9,11,16H,3,10H2,1-2H3. The third-order valence-corrected chi connectivity index (χ3v) is 2.62. The number of hydrogen-bond donors (Lipinski definition) is 1. The Kier molecular flexibility index (Phi) is 4.31. The lowest BCUT2D eigenvalue weighted by Gasteiger charge is -2.06.